The first-order valence-electron chi connectivity index (χ1n) is 12.4. The molecule has 1 N–H and O–H groups in total. The first kappa shape index (κ1) is 26.6. The molecule has 0 spiro atoms. The summed E-state index contributed by atoms with van der Waals surface area (Å²) < 4.78 is 81.4. The molecular formula is C29H19F6N3O3. The van der Waals surface area contributed by atoms with Crippen LogP contribution in [-0.4, -0.2) is 28.7 Å². The van der Waals surface area contributed by atoms with Gasteiger partial charge in [-0.2, -0.15) is 26.3 Å². The molecule has 6 rings (SSSR count). The highest BCUT2D eigenvalue weighted by Gasteiger charge is 2.65. The number of alkyl halides is 6. The summed E-state index contributed by atoms with van der Waals surface area (Å²) >= 11 is 0. The number of halogens is 6. The average molecular weight is 571 g/mol. The molecule has 2 saturated heterocycles. The van der Waals surface area contributed by atoms with E-state index in [2.05, 4.69) is 5.32 Å². The van der Waals surface area contributed by atoms with Crippen molar-refractivity contribution in [1.82, 2.24) is 4.90 Å². The van der Waals surface area contributed by atoms with E-state index in [0.717, 1.165) is 36.4 Å². The largest absolute Gasteiger partial charge is 0.418 e. The fourth-order valence-corrected chi connectivity index (χ4v) is 5.99. The molecule has 3 amide bonds. The van der Waals surface area contributed by atoms with E-state index in [-0.39, 0.29) is 5.69 Å². The normalized spacial score (nSPS) is 23.4. The molecule has 6 nitrogen and oxygen atoms in total. The second-order valence-electron chi connectivity index (χ2n) is 9.93. The van der Waals surface area contributed by atoms with Gasteiger partial charge in [0.2, 0.25) is 17.7 Å². The molecule has 210 valence electrons. The maximum atomic E-state index is 13.9. The van der Waals surface area contributed by atoms with Gasteiger partial charge in [0.1, 0.15) is 6.04 Å². The zero-order valence-electron chi connectivity index (χ0n) is 20.8. The molecule has 3 aliphatic heterocycles. The van der Waals surface area contributed by atoms with Crippen molar-refractivity contribution in [3.05, 3.63) is 101 Å². The minimum absolute atomic E-state index is 0.192. The van der Waals surface area contributed by atoms with E-state index in [1.165, 1.54) is 23.2 Å². The van der Waals surface area contributed by atoms with E-state index in [1.54, 1.807) is 30.3 Å². The molecule has 41 heavy (non-hydrogen) atoms. The Morgan fingerprint density at radius 1 is 0.780 bits per heavy atom. The van der Waals surface area contributed by atoms with Gasteiger partial charge < -0.3 is 10.2 Å². The van der Waals surface area contributed by atoms with Gasteiger partial charge >= 0.3 is 12.4 Å². The van der Waals surface area contributed by atoms with Crippen LogP contribution in [0.4, 0.5) is 37.7 Å². The second-order valence-corrected chi connectivity index (χ2v) is 9.93. The van der Waals surface area contributed by atoms with Crippen LogP contribution in [-0.2, 0) is 26.7 Å². The van der Waals surface area contributed by atoms with Crippen LogP contribution < -0.4 is 10.2 Å². The number of hydrogen-bond donors (Lipinski definition) is 1. The summed E-state index contributed by atoms with van der Waals surface area (Å²) in [5.74, 6) is -5.41. The van der Waals surface area contributed by atoms with Gasteiger partial charge in [-0.15, -0.1) is 0 Å². The SMILES string of the molecule is O=C(Nc1cccc(C(F)(F)F)c1)C1C2C(=O)N(c3ccccc3C(F)(F)F)C(=O)C2C2c3ccccc3C=CN12. The Hall–Kier alpha value is -4.61. The number of hydrogen-bond acceptors (Lipinski definition) is 4. The smallest absolute Gasteiger partial charge is 0.357 e. The Kier molecular flexibility index (Phi) is 5.98. The van der Waals surface area contributed by atoms with Crippen LogP contribution in [0.5, 0.6) is 0 Å². The zero-order chi connectivity index (χ0) is 29.3. The van der Waals surface area contributed by atoms with Crippen LogP contribution in [0, 0.1) is 11.8 Å². The number of imide groups is 1. The first-order chi connectivity index (χ1) is 19.4. The lowest BCUT2D eigenvalue weighted by atomic mass is 9.84. The van der Waals surface area contributed by atoms with Gasteiger partial charge in [-0.25, -0.2) is 4.90 Å². The van der Waals surface area contributed by atoms with Crippen LogP contribution in [0.3, 0.4) is 0 Å². The number of carbonyl (C=O) groups is 3. The summed E-state index contributed by atoms with van der Waals surface area (Å²) in [6.07, 6.45) is -6.36. The van der Waals surface area contributed by atoms with E-state index >= 15 is 0 Å². The molecule has 0 aliphatic carbocycles. The van der Waals surface area contributed by atoms with Gasteiger partial charge in [0.15, 0.2) is 0 Å². The minimum Gasteiger partial charge on any atom is -0.357 e. The summed E-state index contributed by atoms with van der Waals surface area (Å²) in [6.45, 7) is 0. The molecule has 3 aromatic carbocycles. The Morgan fingerprint density at radius 2 is 1.46 bits per heavy atom. The molecular weight excluding hydrogens is 552 g/mol. The lowest BCUT2D eigenvalue weighted by Gasteiger charge is -2.35. The summed E-state index contributed by atoms with van der Waals surface area (Å²) in [4.78, 5) is 43.4. The van der Waals surface area contributed by atoms with E-state index in [1.807, 2.05) is 0 Å². The summed E-state index contributed by atoms with van der Waals surface area (Å²) in [5.41, 5.74) is -1.75. The number of fused-ring (bicyclic) bond motifs is 5. The number of benzene rings is 3. The summed E-state index contributed by atoms with van der Waals surface area (Å²) in [7, 11) is 0. The van der Waals surface area contributed by atoms with Crippen molar-refractivity contribution in [3.8, 4) is 0 Å². The third kappa shape index (κ3) is 4.25. The second kappa shape index (κ2) is 9.22. The predicted molar refractivity (Wildman–Crippen MR) is 135 cm³/mol. The average Bonchev–Trinajstić information content (AvgIpc) is 3.40. The van der Waals surface area contributed by atoms with Crippen molar-refractivity contribution in [2.45, 2.75) is 24.4 Å². The van der Waals surface area contributed by atoms with Gasteiger partial charge in [0, 0.05) is 11.9 Å². The molecule has 0 radical (unpaired) electrons. The third-order valence-corrected chi connectivity index (χ3v) is 7.64. The van der Waals surface area contributed by atoms with Crippen molar-refractivity contribution in [2.75, 3.05) is 10.2 Å². The Bertz CT molecular complexity index is 1620. The van der Waals surface area contributed by atoms with E-state index in [9.17, 15) is 40.7 Å². The van der Waals surface area contributed by atoms with Crippen LogP contribution in [0.2, 0.25) is 0 Å². The molecule has 4 unspecified atom stereocenters. The number of rotatable bonds is 3. The number of para-hydroxylation sites is 1. The van der Waals surface area contributed by atoms with Crippen LogP contribution in [0.1, 0.15) is 28.3 Å². The molecule has 3 aliphatic rings. The number of nitrogens with zero attached hydrogens (tertiary/aromatic N) is 2. The van der Waals surface area contributed by atoms with Crippen LogP contribution in [0.15, 0.2) is 79.0 Å². The highest BCUT2D eigenvalue weighted by Crippen LogP contribution is 2.54. The molecule has 4 atom stereocenters. The molecule has 0 aromatic heterocycles. The van der Waals surface area contributed by atoms with E-state index in [0.29, 0.717) is 16.0 Å². The molecule has 0 bridgehead atoms. The number of anilines is 2. The topological polar surface area (TPSA) is 69.7 Å². The van der Waals surface area contributed by atoms with Crippen molar-refractivity contribution >= 4 is 35.2 Å². The van der Waals surface area contributed by atoms with Crippen molar-refractivity contribution in [1.29, 1.82) is 0 Å². The fraction of sp³-hybridized carbons (Fsp3) is 0.207. The van der Waals surface area contributed by atoms with Gasteiger partial charge in [-0.05, 0) is 47.5 Å². The standard InChI is InChI=1S/C29H19F6N3O3/c30-28(31,32)16-7-5-8-17(14-16)36-25(39)24-22-21(23-18-9-2-1-6-15(18)12-13-37(23)24)26(40)38(27(22)41)20-11-4-3-10-19(20)29(33,34)35/h1-14,21-24H,(H,36,39). The van der Waals surface area contributed by atoms with Gasteiger partial charge in [0.05, 0.1) is 34.7 Å². The van der Waals surface area contributed by atoms with Gasteiger partial charge in [-0.1, -0.05) is 42.5 Å². The van der Waals surface area contributed by atoms with Crippen molar-refractivity contribution in [3.63, 3.8) is 0 Å². The zero-order valence-corrected chi connectivity index (χ0v) is 20.8. The molecule has 3 aromatic rings. The fourth-order valence-electron chi connectivity index (χ4n) is 5.99. The van der Waals surface area contributed by atoms with Crippen molar-refractivity contribution in [2.24, 2.45) is 11.8 Å². The molecule has 0 saturated carbocycles. The third-order valence-electron chi connectivity index (χ3n) is 7.64. The first-order valence-corrected chi connectivity index (χ1v) is 12.4. The summed E-state index contributed by atoms with van der Waals surface area (Å²) in [5, 5.41) is 2.42. The highest BCUT2D eigenvalue weighted by atomic mass is 19.4. The number of carbonyl (C=O) groups excluding carboxylic acids is 3. The minimum atomic E-state index is -4.87. The lowest BCUT2D eigenvalue weighted by Crippen LogP contribution is -2.46. The van der Waals surface area contributed by atoms with E-state index in [4.69, 9.17) is 0 Å². The number of nitrogens with one attached hydrogen (secondary N) is 1. The maximum absolute atomic E-state index is 13.9. The summed E-state index contributed by atoms with van der Waals surface area (Å²) in [6, 6.07) is 12.7. The highest BCUT2D eigenvalue weighted by molar-refractivity contribution is 6.24. The monoisotopic (exact) mass is 571 g/mol. The van der Waals surface area contributed by atoms with Crippen LogP contribution in [0.25, 0.3) is 6.08 Å². The van der Waals surface area contributed by atoms with E-state index < -0.39 is 70.8 Å². The Balaban J connectivity index is 1.44. The van der Waals surface area contributed by atoms with Crippen molar-refractivity contribution < 1.29 is 40.7 Å². The quantitative estimate of drug-likeness (QED) is 0.315. The van der Waals surface area contributed by atoms with Crippen LogP contribution >= 0.6 is 0 Å². The Morgan fingerprint density at radius 3 is 2.20 bits per heavy atom. The molecule has 3 heterocycles. The predicted octanol–water partition coefficient (Wildman–Crippen LogP) is 5.88. The lowest BCUT2D eigenvalue weighted by molar-refractivity contribution is -0.138. The molecule has 12 heteroatoms. The maximum Gasteiger partial charge on any atom is 0.418 e. The molecule has 2 fully saturated rings. The van der Waals surface area contributed by atoms with Gasteiger partial charge in [-0.3, -0.25) is 14.4 Å². The van der Waals surface area contributed by atoms with Gasteiger partial charge in [0.25, 0.3) is 0 Å². The number of amides is 3. The Labute approximate surface area is 228 Å².